The van der Waals surface area contributed by atoms with Crippen LogP contribution >= 0.6 is 0 Å². The molecular weight excluding hydrogens is 206 g/mol. The second-order valence-electron chi connectivity index (χ2n) is 3.88. The maximum Gasteiger partial charge on any atom is 0.0366 e. The van der Waals surface area contributed by atoms with E-state index in [1.165, 1.54) is 43.6 Å². The van der Waals surface area contributed by atoms with E-state index >= 15 is 0 Å². The van der Waals surface area contributed by atoms with Crippen molar-refractivity contribution in [2.45, 2.75) is 40.0 Å². The Morgan fingerprint density at radius 2 is 1.35 bits per heavy atom. The van der Waals surface area contributed by atoms with E-state index in [0.717, 1.165) is 0 Å². The Bertz CT molecular complexity index is 270. The minimum absolute atomic E-state index is 1.24. The van der Waals surface area contributed by atoms with Gasteiger partial charge < -0.3 is 4.90 Å². The minimum Gasteiger partial charge on any atom is -0.372 e. The van der Waals surface area contributed by atoms with Gasteiger partial charge in [-0.2, -0.15) is 0 Å². The second-order valence-corrected chi connectivity index (χ2v) is 3.88. The monoisotopic (exact) mass is 233 g/mol. The van der Waals surface area contributed by atoms with Crippen LogP contribution in [0.15, 0.2) is 37.4 Å². The molecule has 1 aliphatic heterocycles. The van der Waals surface area contributed by atoms with Crippen molar-refractivity contribution in [3.8, 4) is 0 Å². The van der Waals surface area contributed by atoms with Gasteiger partial charge in [-0.25, -0.2) is 0 Å². The van der Waals surface area contributed by atoms with E-state index in [0.29, 0.717) is 0 Å². The Hall–Kier alpha value is -1.24. The fourth-order valence-electron chi connectivity index (χ4n) is 1.91. The molecule has 1 fully saturated rings. The Kier molecular flexibility index (Phi) is 9.22. The first-order valence-corrected chi connectivity index (χ1v) is 6.68. The Morgan fingerprint density at radius 3 is 1.82 bits per heavy atom. The molecule has 0 radical (unpaired) electrons. The summed E-state index contributed by atoms with van der Waals surface area (Å²) in [5, 5.41) is 0. The number of hydrogen-bond acceptors (Lipinski definition) is 1. The van der Waals surface area contributed by atoms with Gasteiger partial charge in [-0.3, -0.25) is 0 Å². The highest BCUT2D eigenvalue weighted by atomic mass is 15.1. The van der Waals surface area contributed by atoms with Gasteiger partial charge in [0.05, 0.1) is 0 Å². The normalized spacial score (nSPS) is 13.9. The van der Waals surface area contributed by atoms with Gasteiger partial charge in [-0.15, -0.1) is 13.2 Å². The highest BCUT2D eigenvalue weighted by Crippen LogP contribution is 2.19. The zero-order valence-electron chi connectivity index (χ0n) is 11.7. The molecule has 0 N–H and O–H groups in total. The van der Waals surface area contributed by atoms with Crippen molar-refractivity contribution >= 4 is 5.69 Å². The predicted molar refractivity (Wildman–Crippen MR) is 79.8 cm³/mol. The van der Waals surface area contributed by atoms with Crippen molar-refractivity contribution in [2.24, 2.45) is 0 Å². The zero-order chi connectivity index (χ0) is 13.1. The fourth-order valence-corrected chi connectivity index (χ4v) is 1.91. The summed E-state index contributed by atoms with van der Waals surface area (Å²) < 4.78 is 0. The summed E-state index contributed by atoms with van der Waals surface area (Å²) in [6.07, 6.45) is 4.12. The lowest BCUT2D eigenvalue weighted by molar-refractivity contribution is 0.578. The molecule has 1 aromatic rings. The summed E-state index contributed by atoms with van der Waals surface area (Å²) in [7, 11) is 0. The standard InChI is InChI=1S/C12H17N.C2H6.C2H4/c1-11-5-7-12(8-6-11)13-9-3-2-4-10-13;2*1-2/h5-8H,2-4,9-10H2,1H3;1-2H3;1-2H2. The summed E-state index contributed by atoms with van der Waals surface area (Å²) in [4.78, 5) is 2.49. The van der Waals surface area contributed by atoms with Crippen molar-refractivity contribution in [1.82, 2.24) is 0 Å². The summed E-state index contributed by atoms with van der Waals surface area (Å²) in [5.74, 6) is 0. The van der Waals surface area contributed by atoms with E-state index in [2.05, 4.69) is 49.2 Å². The minimum atomic E-state index is 1.24. The Labute approximate surface area is 107 Å². The van der Waals surface area contributed by atoms with Crippen LogP contribution < -0.4 is 4.90 Å². The van der Waals surface area contributed by atoms with Gasteiger partial charge in [0.2, 0.25) is 0 Å². The third-order valence-corrected chi connectivity index (χ3v) is 2.76. The van der Waals surface area contributed by atoms with Gasteiger partial charge in [0.15, 0.2) is 0 Å². The maximum atomic E-state index is 3.00. The van der Waals surface area contributed by atoms with Crippen LogP contribution in [0.1, 0.15) is 38.7 Å². The molecule has 1 saturated heterocycles. The van der Waals surface area contributed by atoms with Crippen LogP contribution in [-0.4, -0.2) is 13.1 Å². The van der Waals surface area contributed by atoms with Crippen LogP contribution in [0.5, 0.6) is 0 Å². The van der Waals surface area contributed by atoms with Gasteiger partial charge in [0, 0.05) is 18.8 Å². The zero-order valence-corrected chi connectivity index (χ0v) is 11.7. The average Bonchev–Trinajstić information content (AvgIpc) is 2.45. The number of anilines is 1. The first kappa shape index (κ1) is 15.8. The third kappa shape index (κ3) is 5.58. The Balaban J connectivity index is 0.000000581. The van der Waals surface area contributed by atoms with E-state index in [4.69, 9.17) is 0 Å². The molecule has 0 saturated carbocycles. The molecule has 1 aliphatic rings. The smallest absolute Gasteiger partial charge is 0.0366 e. The summed E-state index contributed by atoms with van der Waals surface area (Å²) in [6.45, 7) is 14.6. The van der Waals surface area contributed by atoms with Crippen molar-refractivity contribution in [1.29, 1.82) is 0 Å². The predicted octanol–water partition coefficient (Wildman–Crippen LogP) is 4.81. The lowest BCUT2D eigenvalue weighted by atomic mass is 10.1. The number of piperidine rings is 1. The van der Waals surface area contributed by atoms with Crippen molar-refractivity contribution < 1.29 is 0 Å². The van der Waals surface area contributed by atoms with Crippen LogP contribution in [0.4, 0.5) is 5.69 Å². The number of hydrogen-bond donors (Lipinski definition) is 0. The topological polar surface area (TPSA) is 3.24 Å². The molecule has 0 bridgehead atoms. The van der Waals surface area contributed by atoms with E-state index in [1.54, 1.807) is 0 Å². The van der Waals surface area contributed by atoms with Gasteiger partial charge in [0.25, 0.3) is 0 Å². The van der Waals surface area contributed by atoms with Gasteiger partial charge in [0.1, 0.15) is 0 Å². The molecule has 1 heterocycles. The van der Waals surface area contributed by atoms with Crippen molar-refractivity contribution in [3.63, 3.8) is 0 Å². The van der Waals surface area contributed by atoms with Crippen LogP contribution in [0.3, 0.4) is 0 Å². The molecule has 0 aliphatic carbocycles. The third-order valence-electron chi connectivity index (χ3n) is 2.76. The fraction of sp³-hybridized carbons (Fsp3) is 0.500. The summed E-state index contributed by atoms with van der Waals surface area (Å²) in [5.41, 5.74) is 2.74. The first-order chi connectivity index (χ1) is 8.36. The van der Waals surface area contributed by atoms with Gasteiger partial charge in [-0.05, 0) is 38.3 Å². The molecule has 1 aromatic carbocycles. The highest BCUT2D eigenvalue weighted by molar-refractivity contribution is 5.47. The van der Waals surface area contributed by atoms with E-state index < -0.39 is 0 Å². The van der Waals surface area contributed by atoms with E-state index in [1.807, 2.05) is 13.8 Å². The number of aryl methyl sites for hydroxylation is 1. The second kappa shape index (κ2) is 9.95. The molecule has 0 amide bonds. The molecule has 1 heteroatoms. The largest absolute Gasteiger partial charge is 0.372 e. The molecule has 0 aromatic heterocycles. The van der Waals surface area contributed by atoms with Crippen molar-refractivity contribution in [3.05, 3.63) is 43.0 Å². The number of nitrogens with zero attached hydrogens (tertiary/aromatic N) is 1. The number of rotatable bonds is 1. The summed E-state index contributed by atoms with van der Waals surface area (Å²) in [6, 6.07) is 8.87. The average molecular weight is 233 g/mol. The molecule has 2 rings (SSSR count). The number of benzene rings is 1. The lowest BCUT2D eigenvalue weighted by Gasteiger charge is -2.28. The molecule has 0 atom stereocenters. The van der Waals surface area contributed by atoms with Crippen LogP contribution in [0, 0.1) is 6.92 Å². The van der Waals surface area contributed by atoms with Gasteiger partial charge >= 0.3 is 0 Å². The molecule has 0 spiro atoms. The lowest BCUT2D eigenvalue weighted by Crippen LogP contribution is -2.29. The Morgan fingerprint density at radius 1 is 0.882 bits per heavy atom. The molecule has 0 unspecified atom stereocenters. The van der Waals surface area contributed by atoms with E-state index in [-0.39, 0.29) is 0 Å². The molecular formula is C16H27N. The highest BCUT2D eigenvalue weighted by Gasteiger charge is 2.09. The SMILES string of the molecule is C=C.CC.Cc1ccc(N2CCCCC2)cc1. The maximum absolute atomic E-state index is 3.00. The van der Waals surface area contributed by atoms with Gasteiger partial charge in [-0.1, -0.05) is 31.5 Å². The quantitative estimate of drug-likeness (QED) is 0.629. The molecule has 1 nitrogen and oxygen atoms in total. The van der Waals surface area contributed by atoms with Crippen LogP contribution in [0.2, 0.25) is 0 Å². The molecule has 96 valence electrons. The first-order valence-electron chi connectivity index (χ1n) is 6.68. The summed E-state index contributed by atoms with van der Waals surface area (Å²) >= 11 is 0. The van der Waals surface area contributed by atoms with E-state index in [9.17, 15) is 0 Å². The van der Waals surface area contributed by atoms with Crippen molar-refractivity contribution in [2.75, 3.05) is 18.0 Å². The van der Waals surface area contributed by atoms with Crippen LogP contribution in [0.25, 0.3) is 0 Å². The molecule has 17 heavy (non-hydrogen) atoms. The van der Waals surface area contributed by atoms with Crippen LogP contribution in [-0.2, 0) is 0 Å².